The minimum atomic E-state index is -0.0405. The topological polar surface area (TPSA) is 79.4 Å². The molecule has 1 aromatic carbocycles. The molecular formula is C10H10N2O3. The molecule has 0 bridgehead atoms. The molecule has 1 aromatic heterocycles. The lowest BCUT2D eigenvalue weighted by Gasteiger charge is -1.97. The second-order valence-electron chi connectivity index (χ2n) is 3.11. The third-order valence-electron chi connectivity index (χ3n) is 1.93. The van der Waals surface area contributed by atoms with Crippen LogP contribution in [0.5, 0.6) is 11.5 Å². The summed E-state index contributed by atoms with van der Waals surface area (Å²) in [6.07, 6.45) is 0.675. The Labute approximate surface area is 86.0 Å². The third-order valence-corrected chi connectivity index (χ3v) is 1.93. The van der Waals surface area contributed by atoms with Gasteiger partial charge in [0.25, 0.3) is 5.89 Å². The van der Waals surface area contributed by atoms with Crippen LogP contribution in [0.2, 0.25) is 0 Å². The van der Waals surface area contributed by atoms with E-state index in [9.17, 15) is 10.2 Å². The predicted octanol–water partition coefficient (Wildman–Crippen LogP) is 1.71. The molecule has 1 heterocycles. The van der Waals surface area contributed by atoms with Gasteiger partial charge in [-0.05, 0) is 12.1 Å². The SMILES string of the molecule is CCc1noc(-c2cc(O)cc(O)c2)n1. The van der Waals surface area contributed by atoms with E-state index in [1.165, 1.54) is 18.2 Å². The molecule has 0 unspecified atom stereocenters. The van der Waals surface area contributed by atoms with Gasteiger partial charge in [-0.15, -0.1) is 0 Å². The molecule has 0 aliphatic carbocycles. The molecule has 0 saturated carbocycles. The Morgan fingerprint density at radius 2 is 1.87 bits per heavy atom. The Morgan fingerprint density at radius 3 is 2.40 bits per heavy atom. The average molecular weight is 206 g/mol. The average Bonchev–Trinajstić information content (AvgIpc) is 2.64. The Kier molecular flexibility index (Phi) is 2.29. The minimum absolute atomic E-state index is 0.0405. The fourth-order valence-corrected chi connectivity index (χ4v) is 1.23. The molecule has 0 fully saturated rings. The maximum atomic E-state index is 9.27. The number of hydrogen-bond donors (Lipinski definition) is 2. The van der Waals surface area contributed by atoms with Crippen molar-refractivity contribution in [2.45, 2.75) is 13.3 Å². The number of aromatic hydroxyl groups is 2. The van der Waals surface area contributed by atoms with E-state index < -0.39 is 0 Å². The van der Waals surface area contributed by atoms with Crippen molar-refractivity contribution in [1.82, 2.24) is 10.1 Å². The summed E-state index contributed by atoms with van der Waals surface area (Å²) in [6, 6.07) is 4.14. The Hall–Kier alpha value is -2.04. The highest BCUT2D eigenvalue weighted by atomic mass is 16.5. The van der Waals surface area contributed by atoms with Gasteiger partial charge in [-0.2, -0.15) is 4.98 Å². The highest BCUT2D eigenvalue weighted by Crippen LogP contribution is 2.27. The molecule has 0 radical (unpaired) electrons. The lowest BCUT2D eigenvalue weighted by Crippen LogP contribution is -1.82. The normalized spacial score (nSPS) is 10.5. The first-order chi connectivity index (χ1) is 7.19. The van der Waals surface area contributed by atoms with Crippen molar-refractivity contribution in [2.75, 3.05) is 0 Å². The van der Waals surface area contributed by atoms with Crippen LogP contribution in [0.25, 0.3) is 11.5 Å². The van der Waals surface area contributed by atoms with Crippen LogP contribution in [0, 0.1) is 0 Å². The van der Waals surface area contributed by atoms with E-state index in [1.54, 1.807) is 0 Å². The Morgan fingerprint density at radius 1 is 1.20 bits per heavy atom. The van der Waals surface area contributed by atoms with E-state index in [-0.39, 0.29) is 17.4 Å². The van der Waals surface area contributed by atoms with Crippen LogP contribution >= 0.6 is 0 Å². The maximum absolute atomic E-state index is 9.27. The molecule has 0 saturated heterocycles. The van der Waals surface area contributed by atoms with Gasteiger partial charge in [0.05, 0.1) is 0 Å². The molecule has 2 aromatic rings. The molecule has 5 heteroatoms. The molecular weight excluding hydrogens is 196 g/mol. The summed E-state index contributed by atoms with van der Waals surface area (Å²) in [7, 11) is 0. The molecule has 15 heavy (non-hydrogen) atoms. The van der Waals surface area contributed by atoms with Crippen LogP contribution in [0.3, 0.4) is 0 Å². The molecule has 0 spiro atoms. The summed E-state index contributed by atoms with van der Waals surface area (Å²) in [5.74, 6) is 0.799. The van der Waals surface area contributed by atoms with E-state index in [2.05, 4.69) is 10.1 Å². The summed E-state index contributed by atoms with van der Waals surface area (Å²) in [6.45, 7) is 1.91. The van der Waals surface area contributed by atoms with Gasteiger partial charge in [0.15, 0.2) is 5.82 Å². The standard InChI is InChI=1S/C10H10N2O3/c1-2-9-11-10(15-12-9)6-3-7(13)5-8(14)4-6/h3-5,13-14H,2H2,1H3. The number of hydrogen-bond acceptors (Lipinski definition) is 5. The van der Waals surface area contributed by atoms with E-state index in [1.807, 2.05) is 6.92 Å². The fraction of sp³-hybridized carbons (Fsp3) is 0.200. The largest absolute Gasteiger partial charge is 0.508 e. The van der Waals surface area contributed by atoms with Crippen LogP contribution < -0.4 is 0 Å². The number of aryl methyl sites for hydroxylation is 1. The summed E-state index contributed by atoms with van der Waals surface area (Å²) in [5, 5.41) is 22.3. The molecule has 5 nitrogen and oxygen atoms in total. The Bertz CT molecular complexity index is 459. The summed E-state index contributed by atoms with van der Waals surface area (Å²) >= 11 is 0. The zero-order valence-electron chi connectivity index (χ0n) is 8.14. The first kappa shape index (κ1) is 9.51. The van der Waals surface area contributed by atoms with Crippen LogP contribution in [0.4, 0.5) is 0 Å². The van der Waals surface area contributed by atoms with Crippen molar-refractivity contribution in [2.24, 2.45) is 0 Å². The second kappa shape index (κ2) is 3.61. The van der Waals surface area contributed by atoms with Crippen molar-refractivity contribution in [3.8, 4) is 23.0 Å². The highest BCUT2D eigenvalue weighted by molar-refractivity contribution is 5.58. The van der Waals surface area contributed by atoms with E-state index in [0.717, 1.165) is 0 Å². The van der Waals surface area contributed by atoms with Crippen molar-refractivity contribution >= 4 is 0 Å². The molecule has 0 amide bonds. The first-order valence-electron chi connectivity index (χ1n) is 4.55. The number of aromatic nitrogens is 2. The van der Waals surface area contributed by atoms with Gasteiger partial charge >= 0.3 is 0 Å². The van der Waals surface area contributed by atoms with Gasteiger partial charge in [0.2, 0.25) is 0 Å². The summed E-state index contributed by atoms with van der Waals surface area (Å²) < 4.78 is 4.97. The van der Waals surface area contributed by atoms with Crippen molar-refractivity contribution < 1.29 is 14.7 Å². The van der Waals surface area contributed by atoms with Crippen molar-refractivity contribution in [3.63, 3.8) is 0 Å². The van der Waals surface area contributed by atoms with Gasteiger partial charge in [0.1, 0.15) is 11.5 Å². The molecule has 78 valence electrons. The van der Waals surface area contributed by atoms with Crippen molar-refractivity contribution in [1.29, 1.82) is 0 Å². The highest BCUT2D eigenvalue weighted by Gasteiger charge is 2.09. The zero-order valence-corrected chi connectivity index (χ0v) is 8.14. The van der Waals surface area contributed by atoms with E-state index in [4.69, 9.17) is 4.52 Å². The van der Waals surface area contributed by atoms with Crippen LogP contribution in [0.1, 0.15) is 12.7 Å². The van der Waals surface area contributed by atoms with Crippen LogP contribution in [-0.4, -0.2) is 20.4 Å². The lowest BCUT2D eigenvalue weighted by molar-refractivity contribution is 0.421. The number of phenols is 2. The molecule has 2 N–H and O–H groups in total. The number of rotatable bonds is 2. The van der Waals surface area contributed by atoms with Gasteiger partial charge in [-0.25, -0.2) is 0 Å². The molecule has 0 aliphatic heterocycles. The predicted molar refractivity (Wildman–Crippen MR) is 52.4 cm³/mol. The van der Waals surface area contributed by atoms with E-state index >= 15 is 0 Å². The summed E-state index contributed by atoms with van der Waals surface area (Å²) in [5.41, 5.74) is 0.500. The third kappa shape index (κ3) is 1.90. The van der Waals surface area contributed by atoms with Gasteiger partial charge in [0, 0.05) is 18.1 Å². The van der Waals surface area contributed by atoms with Gasteiger partial charge < -0.3 is 14.7 Å². The zero-order chi connectivity index (χ0) is 10.8. The number of nitrogens with zero attached hydrogens (tertiary/aromatic N) is 2. The first-order valence-corrected chi connectivity index (χ1v) is 4.55. The monoisotopic (exact) mass is 206 g/mol. The minimum Gasteiger partial charge on any atom is -0.508 e. The van der Waals surface area contributed by atoms with Crippen molar-refractivity contribution in [3.05, 3.63) is 24.0 Å². The number of phenolic OH excluding ortho intramolecular Hbond substituents is 2. The molecule has 0 atom stereocenters. The smallest absolute Gasteiger partial charge is 0.258 e. The fourth-order valence-electron chi connectivity index (χ4n) is 1.23. The van der Waals surface area contributed by atoms with Crippen LogP contribution in [0.15, 0.2) is 22.7 Å². The lowest BCUT2D eigenvalue weighted by atomic mass is 10.2. The second-order valence-corrected chi connectivity index (χ2v) is 3.11. The summed E-state index contributed by atoms with van der Waals surface area (Å²) in [4.78, 5) is 4.08. The van der Waals surface area contributed by atoms with Crippen LogP contribution in [-0.2, 0) is 6.42 Å². The molecule has 2 rings (SSSR count). The number of benzene rings is 1. The van der Waals surface area contributed by atoms with Gasteiger partial charge in [-0.1, -0.05) is 12.1 Å². The molecule has 0 aliphatic rings. The Balaban J connectivity index is 2.44. The van der Waals surface area contributed by atoms with Gasteiger partial charge in [-0.3, -0.25) is 0 Å². The maximum Gasteiger partial charge on any atom is 0.258 e. The van der Waals surface area contributed by atoms with E-state index in [0.29, 0.717) is 17.8 Å². The quantitative estimate of drug-likeness (QED) is 0.781.